The molecular formula is C13H15BrN4O2. The third kappa shape index (κ3) is 2.98. The minimum atomic E-state index is -0.388. The van der Waals surface area contributed by atoms with Crippen LogP contribution in [0.5, 0.6) is 0 Å². The molecular weight excluding hydrogens is 324 g/mol. The van der Waals surface area contributed by atoms with Crippen molar-refractivity contribution in [3.63, 3.8) is 0 Å². The van der Waals surface area contributed by atoms with Crippen molar-refractivity contribution in [1.29, 1.82) is 0 Å². The van der Waals surface area contributed by atoms with Crippen molar-refractivity contribution in [2.24, 2.45) is 0 Å². The first-order valence-electron chi connectivity index (χ1n) is 6.14. The number of hydrogen-bond donors (Lipinski definition) is 1. The van der Waals surface area contributed by atoms with E-state index in [4.69, 9.17) is 0 Å². The predicted molar refractivity (Wildman–Crippen MR) is 81.4 cm³/mol. The van der Waals surface area contributed by atoms with Gasteiger partial charge in [0.1, 0.15) is 0 Å². The molecule has 2 aromatic rings. The molecule has 0 spiro atoms. The first-order valence-corrected chi connectivity index (χ1v) is 6.93. The van der Waals surface area contributed by atoms with Gasteiger partial charge in [0.05, 0.1) is 22.5 Å². The summed E-state index contributed by atoms with van der Waals surface area (Å²) in [5.41, 5.74) is 2.32. The monoisotopic (exact) mass is 338 g/mol. The second-order valence-corrected chi connectivity index (χ2v) is 5.66. The fourth-order valence-corrected chi connectivity index (χ4v) is 2.23. The highest BCUT2D eigenvalue weighted by Gasteiger charge is 2.14. The Hall–Kier alpha value is -1.89. The molecule has 0 saturated heterocycles. The highest BCUT2D eigenvalue weighted by molar-refractivity contribution is 9.10. The quantitative estimate of drug-likeness (QED) is 0.670. The summed E-state index contributed by atoms with van der Waals surface area (Å²) in [6, 6.07) is 3.53. The van der Waals surface area contributed by atoms with E-state index in [1.807, 2.05) is 24.7 Å². The summed E-state index contributed by atoms with van der Waals surface area (Å²) in [6.07, 6.45) is 3.62. The average molecular weight is 339 g/mol. The smallest absolute Gasteiger partial charge is 0.273 e. The van der Waals surface area contributed by atoms with Crippen molar-refractivity contribution in [1.82, 2.24) is 9.78 Å². The van der Waals surface area contributed by atoms with Gasteiger partial charge in [0.2, 0.25) is 0 Å². The maximum Gasteiger partial charge on any atom is 0.273 e. The number of halogens is 1. The van der Waals surface area contributed by atoms with Crippen molar-refractivity contribution < 1.29 is 4.92 Å². The van der Waals surface area contributed by atoms with Gasteiger partial charge in [-0.05, 0) is 42.8 Å². The summed E-state index contributed by atoms with van der Waals surface area (Å²) in [6.45, 7) is 5.80. The van der Waals surface area contributed by atoms with Crippen LogP contribution in [-0.2, 0) is 0 Å². The zero-order chi connectivity index (χ0) is 14.9. The van der Waals surface area contributed by atoms with Crippen molar-refractivity contribution in [2.45, 2.75) is 26.8 Å². The summed E-state index contributed by atoms with van der Waals surface area (Å²) in [7, 11) is 0. The molecule has 0 amide bonds. The lowest BCUT2D eigenvalue weighted by Crippen LogP contribution is -2.00. The number of aryl methyl sites for hydroxylation is 1. The van der Waals surface area contributed by atoms with Crippen molar-refractivity contribution in [2.75, 3.05) is 5.32 Å². The van der Waals surface area contributed by atoms with Crippen LogP contribution in [0, 0.1) is 17.0 Å². The van der Waals surface area contributed by atoms with E-state index in [-0.39, 0.29) is 16.7 Å². The van der Waals surface area contributed by atoms with Crippen LogP contribution in [0.2, 0.25) is 0 Å². The van der Waals surface area contributed by atoms with E-state index in [0.29, 0.717) is 10.0 Å². The summed E-state index contributed by atoms with van der Waals surface area (Å²) in [5.74, 6) is 0. The molecule has 0 aliphatic carbocycles. The van der Waals surface area contributed by atoms with Gasteiger partial charge in [0.25, 0.3) is 5.69 Å². The van der Waals surface area contributed by atoms with E-state index >= 15 is 0 Å². The third-order valence-electron chi connectivity index (χ3n) is 2.89. The van der Waals surface area contributed by atoms with Gasteiger partial charge in [-0.25, -0.2) is 0 Å². The molecule has 0 radical (unpaired) electrons. The van der Waals surface area contributed by atoms with E-state index in [2.05, 4.69) is 26.3 Å². The van der Waals surface area contributed by atoms with Gasteiger partial charge < -0.3 is 5.32 Å². The fourth-order valence-electron chi connectivity index (χ4n) is 1.80. The second kappa shape index (κ2) is 5.62. The second-order valence-electron chi connectivity index (χ2n) is 4.80. The molecule has 6 nitrogen and oxygen atoms in total. The van der Waals surface area contributed by atoms with Gasteiger partial charge in [-0.3, -0.25) is 14.8 Å². The van der Waals surface area contributed by atoms with Crippen molar-refractivity contribution in [3.8, 4) is 0 Å². The lowest BCUT2D eigenvalue weighted by Gasteiger charge is -2.08. The van der Waals surface area contributed by atoms with E-state index in [0.717, 1.165) is 11.4 Å². The number of rotatable bonds is 4. The molecule has 0 aliphatic heterocycles. The van der Waals surface area contributed by atoms with Crippen LogP contribution < -0.4 is 5.32 Å². The van der Waals surface area contributed by atoms with Gasteiger partial charge >= 0.3 is 0 Å². The Morgan fingerprint density at radius 1 is 1.45 bits per heavy atom. The molecule has 1 heterocycles. The predicted octanol–water partition coefficient (Wildman–Crippen LogP) is 4.19. The van der Waals surface area contributed by atoms with Crippen LogP contribution in [0.25, 0.3) is 0 Å². The number of nitrogens with zero attached hydrogens (tertiary/aromatic N) is 3. The van der Waals surface area contributed by atoms with Crippen molar-refractivity contribution in [3.05, 3.63) is 44.7 Å². The Morgan fingerprint density at radius 3 is 2.70 bits per heavy atom. The van der Waals surface area contributed by atoms with Crippen LogP contribution in [0.1, 0.15) is 25.5 Å². The Morgan fingerprint density at radius 2 is 2.15 bits per heavy atom. The molecule has 7 heteroatoms. The fraction of sp³-hybridized carbons (Fsp3) is 0.308. The van der Waals surface area contributed by atoms with E-state index < -0.39 is 0 Å². The first kappa shape index (κ1) is 14.5. The molecule has 2 rings (SSSR count). The van der Waals surface area contributed by atoms with Gasteiger partial charge in [-0.15, -0.1) is 0 Å². The molecule has 1 aromatic carbocycles. The molecule has 0 unspecified atom stereocenters. The Balaban J connectivity index is 2.29. The third-order valence-corrected chi connectivity index (χ3v) is 3.55. The summed E-state index contributed by atoms with van der Waals surface area (Å²) < 4.78 is 2.49. The summed E-state index contributed by atoms with van der Waals surface area (Å²) >= 11 is 3.35. The summed E-state index contributed by atoms with van der Waals surface area (Å²) in [5, 5.41) is 18.3. The SMILES string of the molecule is Cc1cc(Nc2cnn(C(C)C)c2)c(Br)cc1[N+](=O)[O-]. The van der Waals surface area contributed by atoms with Crippen molar-refractivity contribution >= 4 is 33.0 Å². The summed E-state index contributed by atoms with van der Waals surface area (Å²) in [4.78, 5) is 10.5. The largest absolute Gasteiger partial charge is 0.352 e. The first-order chi connectivity index (χ1) is 9.38. The van der Waals surface area contributed by atoms with E-state index in [9.17, 15) is 10.1 Å². The topological polar surface area (TPSA) is 73.0 Å². The Bertz CT molecular complexity index is 652. The molecule has 0 fully saturated rings. The van der Waals surface area contributed by atoms with Crippen LogP contribution in [-0.4, -0.2) is 14.7 Å². The number of aromatic nitrogens is 2. The van der Waals surface area contributed by atoms with Gasteiger partial charge in [-0.1, -0.05) is 0 Å². The van der Waals surface area contributed by atoms with Gasteiger partial charge in [0, 0.05) is 28.3 Å². The molecule has 20 heavy (non-hydrogen) atoms. The van der Waals surface area contributed by atoms with Crippen LogP contribution in [0.15, 0.2) is 29.0 Å². The van der Waals surface area contributed by atoms with Crippen LogP contribution in [0.3, 0.4) is 0 Å². The van der Waals surface area contributed by atoms with Gasteiger partial charge in [-0.2, -0.15) is 5.10 Å². The lowest BCUT2D eigenvalue weighted by molar-refractivity contribution is -0.385. The molecule has 0 bridgehead atoms. The highest BCUT2D eigenvalue weighted by atomic mass is 79.9. The number of nitro benzene ring substituents is 1. The Kier molecular flexibility index (Phi) is 4.08. The highest BCUT2D eigenvalue weighted by Crippen LogP contribution is 2.32. The molecule has 1 N–H and O–H groups in total. The number of hydrogen-bond acceptors (Lipinski definition) is 4. The number of nitrogens with one attached hydrogen (secondary N) is 1. The lowest BCUT2D eigenvalue weighted by atomic mass is 10.2. The van der Waals surface area contributed by atoms with E-state index in [1.54, 1.807) is 19.2 Å². The molecule has 0 saturated carbocycles. The van der Waals surface area contributed by atoms with Crippen LogP contribution in [0.4, 0.5) is 17.1 Å². The minimum Gasteiger partial charge on any atom is -0.352 e. The maximum absolute atomic E-state index is 10.9. The molecule has 0 atom stereocenters. The molecule has 106 valence electrons. The Labute approximate surface area is 125 Å². The zero-order valence-corrected chi connectivity index (χ0v) is 13.0. The minimum absolute atomic E-state index is 0.0975. The number of benzene rings is 1. The average Bonchev–Trinajstić information content (AvgIpc) is 2.81. The molecule has 1 aromatic heterocycles. The zero-order valence-electron chi connectivity index (χ0n) is 11.4. The maximum atomic E-state index is 10.9. The number of nitro groups is 1. The molecule has 0 aliphatic rings. The number of anilines is 2. The normalized spacial score (nSPS) is 10.8. The van der Waals surface area contributed by atoms with Gasteiger partial charge in [0.15, 0.2) is 0 Å². The van der Waals surface area contributed by atoms with E-state index in [1.165, 1.54) is 6.07 Å². The standard InChI is InChI=1S/C13H15BrN4O2/c1-8(2)17-7-10(6-15-17)16-12-4-9(3)13(18(19)20)5-11(12)14/h4-8,16H,1-3H3. The van der Waals surface area contributed by atoms with Crippen LogP contribution >= 0.6 is 15.9 Å².